The lowest BCUT2D eigenvalue weighted by atomic mass is 10.2. The first-order valence-electron chi connectivity index (χ1n) is 11.0. The van der Waals surface area contributed by atoms with Gasteiger partial charge in [0.1, 0.15) is 5.82 Å². The number of nitrogens with one attached hydrogen (secondary N) is 1. The molecular weight excluding hydrogens is 459 g/mol. The van der Waals surface area contributed by atoms with Crippen molar-refractivity contribution >= 4 is 51.6 Å². The SMILES string of the molecule is N#Cc1ccc2[nH]c(N(CCCCN3CCN(c4cccc(Cl)c4Cl)CC3)C(N)=O)cc2c1. The summed E-state index contributed by atoms with van der Waals surface area (Å²) in [6.45, 7) is 5.19. The summed E-state index contributed by atoms with van der Waals surface area (Å²) >= 11 is 12.5. The number of halogens is 2. The third-order valence-corrected chi connectivity index (χ3v) is 6.85. The molecule has 172 valence electrons. The van der Waals surface area contributed by atoms with Crippen LogP contribution in [0.15, 0.2) is 42.5 Å². The van der Waals surface area contributed by atoms with E-state index in [1.165, 1.54) is 0 Å². The molecule has 2 heterocycles. The number of nitrogens with zero attached hydrogens (tertiary/aromatic N) is 4. The molecule has 0 atom stereocenters. The van der Waals surface area contributed by atoms with Gasteiger partial charge in [0.25, 0.3) is 0 Å². The lowest BCUT2D eigenvalue weighted by Gasteiger charge is -2.36. The Labute approximate surface area is 203 Å². The van der Waals surface area contributed by atoms with Crippen LogP contribution in [0.3, 0.4) is 0 Å². The number of rotatable bonds is 7. The van der Waals surface area contributed by atoms with Crippen molar-refractivity contribution in [2.75, 3.05) is 49.1 Å². The number of aromatic nitrogens is 1. The zero-order valence-electron chi connectivity index (χ0n) is 18.2. The van der Waals surface area contributed by atoms with Crippen LogP contribution in [0.2, 0.25) is 10.0 Å². The molecule has 0 spiro atoms. The topological polar surface area (TPSA) is 92.4 Å². The number of anilines is 2. The van der Waals surface area contributed by atoms with E-state index in [1.807, 2.05) is 24.3 Å². The van der Waals surface area contributed by atoms with Crippen LogP contribution >= 0.6 is 23.2 Å². The lowest BCUT2D eigenvalue weighted by Crippen LogP contribution is -2.46. The Morgan fingerprint density at radius 2 is 1.91 bits per heavy atom. The highest BCUT2D eigenvalue weighted by molar-refractivity contribution is 6.43. The first-order chi connectivity index (χ1) is 16.0. The highest BCUT2D eigenvalue weighted by Gasteiger charge is 2.20. The quantitative estimate of drug-likeness (QED) is 0.469. The highest BCUT2D eigenvalue weighted by atomic mass is 35.5. The monoisotopic (exact) mass is 484 g/mol. The number of primary amides is 1. The number of amides is 2. The van der Waals surface area contributed by atoms with Crippen LogP contribution in [-0.4, -0.2) is 55.2 Å². The zero-order valence-corrected chi connectivity index (χ0v) is 19.7. The summed E-state index contributed by atoms with van der Waals surface area (Å²) in [6.07, 6.45) is 1.79. The molecule has 1 aliphatic heterocycles. The van der Waals surface area contributed by atoms with Crippen LogP contribution in [-0.2, 0) is 0 Å². The molecule has 2 aromatic carbocycles. The molecule has 2 amide bonds. The van der Waals surface area contributed by atoms with Gasteiger partial charge < -0.3 is 15.6 Å². The van der Waals surface area contributed by atoms with Crippen LogP contribution in [0, 0.1) is 11.3 Å². The molecular formula is C24H26Cl2N6O. The number of carbonyl (C=O) groups is 1. The van der Waals surface area contributed by atoms with Gasteiger partial charge in [0.2, 0.25) is 0 Å². The fourth-order valence-electron chi connectivity index (χ4n) is 4.24. The number of nitrogens with two attached hydrogens (primary N) is 1. The smallest absolute Gasteiger partial charge is 0.320 e. The Morgan fingerprint density at radius 1 is 1.12 bits per heavy atom. The van der Waals surface area contributed by atoms with Gasteiger partial charge in [0, 0.05) is 43.6 Å². The number of H-pyrrole nitrogens is 1. The van der Waals surface area contributed by atoms with Crippen LogP contribution < -0.4 is 15.5 Å². The third kappa shape index (κ3) is 5.36. The van der Waals surface area contributed by atoms with Crippen LogP contribution in [0.1, 0.15) is 18.4 Å². The van der Waals surface area contributed by atoms with E-state index in [4.69, 9.17) is 34.2 Å². The van der Waals surface area contributed by atoms with E-state index < -0.39 is 6.03 Å². The van der Waals surface area contributed by atoms with Crippen molar-refractivity contribution in [2.45, 2.75) is 12.8 Å². The second kappa shape index (κ2) is 10.3. The van der Waals surface area contributed by atoms with Crippen molar-refractivity contribution in [2.24, 2.45) is 5.73 Å². The van der Waals surface area contributed by atoms with Crippen molar-refractivity contribution in [1.29, 1.82) is 5.26 Å². The standard InChI is InChI=1S/C24H26Cl2N6O/c25-19-4-3-5-21(23(19)26)31-12-10-30(11-13-31)8-1-2-9-32(24(28)33)22-15-18-14-17(16-27)6-7-20(18)29-22/h3-7,14-15,29H,1-2,8-13H2,(H2,28,33). The summed E-state index contributed by atoms with van der Waals surface area (Å²) in [7, 11) is 0. The van der Waals surface area contributed by atoms with E-state index in [9.17, 15) is 4.79 Å². The zero-order chi connectivity index (χ0) is 23.4. The molecule has 1 aromatic heterocycles. The second-order valence-corrected chi connectivity index (χ2v) is 8.95. The molecule has 3 aromatic rings. The van der Waals surface area contributed by atoms with Gasteiger partial charge in [-0.2, -0.15) is 5.26 Å². The lowest BCUT2D eigenvalue weighted by molar-refractivity contribution is 0.249. The van der Waals surface area contributed by atoms with Crippen LogP contribution in [0.5, 0.6) is 0 Å². The van der Waals surface area contributed by atoms with Gasteiger partial charge in [0.15, 0.2) is 0 Å². The number of carbonyl (C=O) groups excluding carboxylic acids is 1. The summed E-state index contributed by atoms with van der Waals surface area (Å²) in [6, 6.07) is 14.6. The van der Waals surface area contributed by atoms with Gasteiger partial charge in [-0.1, -0.05) is 29.3 Å². The third-order valence-electron chi connectivity index (χ3n) is 6.04. The Hall–Kier alpha value is -2.92. The molecule has 4 rings (SSSR count). The number of piperazine rings is 1. The number of urea groups is 1. The molecule has 0 radical (unpaired) electrons. The van der Waals surface area contributed by atoms with Gasteiger partial charge in [-0.15, -0.1) is 0 Å². The summed E-state index contributed by atoms with van der Waals surface area (Å²) < 4.78 is 0. The predicted octanol–water partition coefficient (Wildman–Crippen LogP) is 4.83. The van der Waals surface area contributed by atoms with Crippen molar-refractivity contribution in [1.82, 2.24) is 9.88 Å². The fourth-order valence-corrected chi connectivity index (χ4v) is 4.65. The van der Waals surface area contributed by atoms with Crippen molar-refractivity contribution < 1.29 is 4.79 Å². The Bertz CT molecular complexity index is 1180. The normalized spacial score (nSPS) is 14.4. The van der Waals surface area contributed by atoms with Crippen molar-refractivity contribution in [3.8, 4) is 6.07 Å². The molecule has 7 nitrogen and oxygen atoms in total. The summed E-state index contributed by atoms with van der Waals surface area (Å²) in [5, 5.41) is 11.2. The van der Waals surface area contributed by atoms with Crippen molar-refractivity contribution in [3.63, 3.8) is 0 Å². The number of hydrogen-bond donors (Lipinski definition) is 2. The Morgan fingerprint density at radius 3 is 2.64 bits per heavy atom. The number of hydrogen-bond acceptors (Lipinski definition) is 4. The molecule has 3 N–H and O–H groups in total. The van der Waals surface area contributed by atoms with Gasteiger partial charge in [-0.3, -0.25) is 9.80 Å². The molecule has 9 heteroatoms. The average Bonchev–Trinajstić information content (AvgIpc) is 3.23. The maximum absolute atomic E-state index is 12.1. The molecule has 0 bridgehead atoms. The number of benzene rings is 2. The second-order valence-electron chi connectivity index (χ2n) is 8.17. The van der Waals surface area contributed by atoms with Gasteiger partial charge in [-0.05, 0) is 55.8 Å². The number of aromatic amines is 1. The van der Waals surface area contributed by atoms with E-state index in [2.05, 4.69) is 20.9 Å². The van der Waals surface area contributed by atoms with E-state index in [-0.39, 0.29) is 0 Å². The molecule has 1 aliphatic rings. The van der Waals surface area contributed by atoms with E-state index in [1.54, 1.807) is 23.1 Å². The maximum atomic E-state index is 12.1. The Kier molecular flexibility index (Phi) is 7.29. The average molecular weight is 485 g/mol. The summed E-state index contributed by atoms with van der Waals surface area (Å²) in [4.78, 5) is 21.5. The highest BCUT2D eigenvalue weighted by Crippen LogP contribution is 2.33. The fraction of sp³-hybridized carbons (Fsp3) is 0.333. The van der Waals surface area contributed by atoms with Gasteiger partial charge in [-0.25, -0.2) is 4.79 Å². The van der Waals surface area contributed by atoms with E-state index >= 15 is 0 Å². The summed E-state index contributed by atoms with van der Waals surface area (Å²) in [5.74, 6) is 0.652. The summed E-state index contributed by atoms with van der Waals surface area (Å²) in [5.41, 5.74) is 8.08. The predicted molar refractivity (Wildman–Crippen MR) is 134 cm³/mol. The molecule has 0 unspecified atom stereocenters. The number of fused-ring (bicyclic) bond motifs is 1. The molecule has 0 aliphatic carbocycles. The van der Waals surface area contributed by atoms with Gasteiger partial charge in [0.05, 0.1) is 27.4 Å². The Balaban J connectivity index is 1.27. The molecule has 1 fully saturated rings. The van der Waals surface area contributed by atoms with E-state index in [0.717, 1.165) is 62.2 Å². The minimum Gasteiger partial charge on any atom is -0.368 e. The number of nitriles is 1. The molecule has 0 saturated carbocycles. The van der Waals surface area contributed by atoms with Crippen LogP contribution in [0.4, 0.5) is 16.3 Å². The molecule has 1 saturated heterocycles. The minimum atomic E-state index is -0.492. The van der Waals surface area contributed by atoms with Crippen LogP contribution in [0.25, 0.3) is 10.9 Å². The first-order valence-corrected chi connectivity index (χ1v) is 11.7. The maximum Gasteiger partial charge on any atom is 0.320 e. The van der Waals surface area contributed by atoms with Crippen molar-refractivity contribution in [3.05, 3.63) is 58.1 Å². The van der Waals surface area contributed by atoms with E-state index in [0.29, 0.717) is 28.0 Å². The minimum absolute atomic E-state index is 0.492. The largest absolute Gasteiger partial charge is 0.368 e. The van der Waals surface area contributed by atoms with Gasteiger partial charge >= 0.3 is 6.03 Å². The molecule has 33 heavy (non-hydrogen) atoms. The first kappa shape index (κ1) is 23.2. The number of unbranched alkanes of at least 4 members (excludes halogenated alkanes) is 1.